The maximum atomic E-state index is 13.2. The van der Waals surface area contributed by atoms with Crippen molar-refractivity contribution in [2.45, 2.75) is 6.18 Å². The molecule has 0 fully saturated rings. The molecule has 0 bridgehead atoms. The number of rotatable bonds is 1. The van der Waals surface area contributed by atoms with Crippen molar-refractivity contribution in [1.82, 2.24) is 0 Å². The van der Waals surface area contributed by atoms with Crippen LogP contribution in [0.15, 0.2) is 29.3 Å². The van der Waals surface area contributed by atoms with Gasteiger partial charge in [0.2, 0.25) is 0 Å². The van der Waals surface area contributed by atoms with E-state index in [4.69, 9.17) is 0 Å². The van der Waals surface area contributed by atoms with Gasteiger partial charge in [0.15, 0.2) is 0 Å². The highest BCUT2D eigenvalue weighted by Crippen LogP contribution is 2.35. The lowest BCUT2D eigenvalue weighted by Gasteiger charge is -2.11. The Hall–Kier alpha value is -0.840. The Balaban J connectivity index is 3.21. The van der Waals surface area contributed by atoms with Crippen molar-refractivity contribution in [3.63, 3.8) is 0 Å². The van der Waals surface area contributed by atoms with Crippen LogP contribution < -0.4 is 0 Å². The number of alkyl halides is 3. The van der Waals surface area contributed by atoms with Gasteiger partial charge in [-0.2, -0.15) is 13.2 Å². The van der Waals surface area contributed by atoms with Gasteiger partial charge in [-0.3, -0.25) is 0 Å². The Labute approximate surface area is 86.4 Å². The topological polar surface area (TPSA) is 0 Å². The summed E-state index contributed by atoms with van der Waals surface area (Å²) in [4.78, 5) is 0. The molecule has 76 valence electrons. The molecule has 1 aromatic carbocycles. The van der Waals surface area contributed by atoms with Crippen LogP contribution in [0.3, 0.4) is 0 Å². The van der Waals surface area contributed by atoms with Gasteiger partial charge in [-0.1, -0.05) is 18.7 Å². The zero-order valence-electron chi connectivity index (χ0n) is 6.83. The predicted octanol–water partition coefficient (Wildman–Crippen LogP) is 4.16. The Kier molecular flexibility index (Phi) is 2.99. The number of allylic oxidation sites excluding steroid dienone is 1. The van der Waals surface area contributed by atoms with Crippen LogP contribution in [-0.2, 0) is 0 Å². The highest BCUT2D eigenvalue weighted by Gasteiger charge is 2.34. The maximum Gasteiger partial charge on any atom is 0.416 e. The third-order valence-electron chi connectivity index (χ3n) is 1.62. The van der Waals surface area contributed by atoms with Gasteiger partial charge in [-0.25, -0.2) is 4.39 Å². The van der Waals surface area contributed by atoms with E-state index in [1.165, 1.54) is 12.1 Å². The average Bonchev–Trinajstić information content (AvgIpc) is 2.07. The highest BCUT2D eigenvalue weighted by atomic mass is 79.9. The summed E-state index contributed by atoms with van der Waals surface area (Å²) in [5.74, 6) is -0.949. The molecule has 5 heteroatoms. The summed E-state index contributed by atoms with van der Waals surface area (Å²) in [6.07, 6.45) is -4.61. The minimum atomic E-state index is -4.61. The molecule has 1 aromatic rings. The van der Waals surface area contributed by atoms with Gasteiger partial charge in [-0.15, -0.1) is 0 Å². The lowest BCUT2D eigenvalue weighted by atomic mass is 10.1. The zero-order valence-corrected chi connectivity index (χ0v) is 8.41. The molecule has 0 atom stereocenters. The number of hydrogen-bond acceptors (Lipinski definition) is 0. The number of benzene rings is 1. The lowest BCUT2D eigenvalue weighted by molar-refractivity contribution is -0.0688. The summed E-state index contributed by atoms with van der Waals surface area (Å²) in [6, 6.07) is 3.68. The first-order chi connectivity index (χ1) is 6.34. The molecule has 0 N–H and O–H groups in total. The molecule has 0 saturated carbocycles. The summed E-state index contributed by atoms with van der Waals surface area (Å²) >= 11 is 2.80. The third-order valence-corrected chi connectivity index (χ3v) is 2.23. The van der Waals surface area contributed by atoms with Crippen molar-refractivity contribution in [2.24, 2.45) is 0 Å². The van der Waals surface area contributed by atoms with Crippen molar-refractivity contribution < 1.29 is 17.6 Å². The molecule has 0 aromatic heterocycles. The Bertz CT molecular complexity index is 368. The van der Waals surface area contributed by atoms with E-state index in [0.717, 1.165) is 6.07 Å². The monoisotopic (exact) mass is 268 g/mol. The van der Waals surface area contributed by atoms with Gasteiger partial charge in [-0.05, 0) is 22.0 Å². The summed E-state index contributed by atoms with van der Waals surface area (Å²) in [5.41, 5.74) is -1.72. The molecule has 0 unspecified atom stereocenters. The fourth-order valence-corrected chi connectivity index (χ4v) is 1.26. The van der Waals surface area contributed by atoms with Crippen molar-refractivity contribution >= 4 is 21.5 Å². The van der Waals surface area contributed by atoms with E-state index in [1.54, 1.807) is 0 Å². The first-order valence-electron chi connectivity index (χ1n) is 3.54. The molecule has 0 amide bonds. The van der Waals surface area contributed by atoms with Crippen LogP contribution in [-0.4, -0.2) is 6.18 Å². The SMILES string of the molecule is C=C(c1cccc(Br)c1F)C(F)(F)F. The second-order valence-electron chi connectivity index (χ2n) is 2.58. The molecular weight excluding hydrogens is 264 g/mol. The smallest absolute Gasteiger partial charge is 0.205 e. The van der Waals surface area contributed by atoms with E-state index >= 15 is 0 Å². The van der Waals surface area contributed by atoms with Gasteiger partial charge >= 0.3 is 6.18 Å². The predicted molar refractivity (Wildman–Crippen MR) is 49.2 cm³/mol. The summed E-state index contributed by atoms with van der Waals surface area (Å²) < 4.78 is 49.7. The van der Waals surface area contributed by atoms with Crippen LogP contribution in [0.25, 0.3) is 5.57 Å². The number of hydrogen-bond donors (Lipinski definition) is 0. The molecule has 0 aliphatic heterocycles. The minimum Gasteiger partial charge on any atom is -0.205 e. The normalized spacial score (nSPS) is 11.5. The first kappa shape index (κ1) is 11.2. The van der Waals surface area contributed by atoms with Crippen molar-refractivity contribution in [3.8, 4) is 0 Å². The zero-order chi connectivity index (χ0) is 10.9. The van der Waals surface area contributed by atoms with E-state index in [-0.39, 0.29) is 4.47 Å². The van der Waals surface area contributed by atoms with E-state index < -0.39 is 23.1 Å². The minimum absolute atomic E-state index is 0.0135. The highest BCUT2D eigenvalue weighted by molar-refractivity contribution is 9.10. The van der Waals surface area contributed by atoms with Crippen LogP contribution in [0.2, 0.25) is 0 Å². The standard InChI is InChI=1S/C9H5BrF4/c1-5(9(12,13)14)6-3-2-4-7(10)8(6)11/h2-4H,1H2. The van der Waals surface area contributed by atoms with Gasteiger partial charge in [0.05, 0.1) is 10.0 Å². The molecule has 0 spiro atoms. The second kappa shape index (κ2) is 3.73. The molecule has 0 aliphatic rings. The van der Waals surface area contributed by atoms with E-state index in [1.807, 2.05) is 0 Å². The van der Waals surface area contributed by atoms with E-state index in [9.17, 15) is 17.6 Å². The molecule has 0 radical (unpaired) electrons. The van der Waals surface area contributed by atoms with Gasteiger partial charge in [0, 0.05) is 5.56 Å². The summed E-state index contributed by atoms with van der Waals surface area (Å²) in [6.45, 7) is 2.81. The van der Waals surface area contributed by atoms with Crippen molar-refractivity contribution in [1.29, 1.82) is 0 Å². The molecule has 0 heterocycles. The molecule has 0 nitrogen and oxygen atoms in total. The Morgan fingerprint density at radius 2 is 1.86 bits per heavy atom. The van der Waals surface area contributed by atoms with Crippen LogP contribution in [0.5, 0.6) is 0 Å². The van der Waals surface area contributed by atoms with E-state index in [2.05, 4.69) is 22.5 Å². The quantitative estimate of drug-likeness (QED) is 0.671. The average molecular weight is 269 g/mol. The first-order valence-corrected chi connectivity index (χ1v) is 4.34. The summed E-state index contributed by atoms with van der Waals surface area (Å²) in [5, 5.41) is 0. The summed E-state index contributed by atoms with van der Waals surface area (Å²) in [7, 11) is 0. The van der Waals surface area contributed by atoms with Gasteiger partial charge in [0.25, 0.3) is 0 Å². The largest absolute Gasteiger partial charge is 0.416 e. The van der Waals surface area contributed by atoms with Crippen LogP contribution in [0, 0.1) is 5.82 Å². The fraction of sp³-hybridized carbons (Fsp3) is 0.111. The second-order valence-corrected chi connectivity index (χ2v) is 3.43. The van der Waals surface area contributed by atoms with Gasteiger partial charge in [0.1, 0.15) is 5.82 Å². The molecular formula is C9H5BrF4. The molecule has 14 heavy (non-hydrogen) atoms. The third kappa shape index (κ3) is 2.15. The van der Waals surface area contributed by atoms with Crippen LogP contribution in [0.1, 0.15) is 5.56 Å². The maximum absolute atomic E-state index is 13.2. The van der Waals surface area contributed by atoms with Gasteiger partial charge < -0.3 is 0 Å². The van der Waals surface area contributed by atoms with E-state index in [0.29, 0.717) is 0 Å². The molecule has 1 rings (SSSR count). The Morgan fingerprint density at radius 3 is 2.36 bits per heavy atom. The Morgan fingerprint density at radius 1 is 1.29 bits per heavy atom. The molecule has 0 aliphatic carbocycles. The molecule has 0 saturated heterocycles. The van der Waals surface area contributed by atoms with Crippen molar-refractivity contribution in [2.75, 3.05) is 0 Å². The lowest BCUT2D eigenvalue weighted by Crippen LogP contribution is -2.10. The van der Waals surface area contributed by atoms with Crippen molar-refractivity contribution in [3.05, 3.63) is 40.6 Å². The number of halogens is 5. The van der Waals surface area contributed by atoms with Crippen LogP contribution >= 0.6 is 15.9 Å². The van der Waals surface area contributed by atoms with Crippen LogP contribution in [0.4, 0.5) is 17.6 Å². The fourth-order valence-electron chi connectivity index (χ4n) is 0.890.